The molecule has 2 aliphatic heterocycles. The van der Waals surface area contributed by atoms with Crippen LogP contribution in [0.15, 0.2) is 42.5 Å². The van der Waals surface area contributed by atoms with Gasteiger partial charge in [0.2, 0.25) is 27.7 Å². The van der Waals surface area contributed by atoms with Crippen LogP contribution in [0.5, 0.6) is 17.4 Å². The number of methoxy groups -OCH3 is 1. The van der Waals surface area contributed by atoms with Crippen molar-refractivity contribution in [3.05, 3.63) is 57.8 Å². The van der Waals surface area contributed by atoms with Gasteiger partial charge in [-0.05, 0) is 103 Å². The topological polar surface area (TPSA) is 158 Å². The minimum Gasteiger partial charge on any atom is -0.496 e. The van der Waals surface area contributed by atoms with Crippen molar-refractivity contribution in [3.63, 3.8) is 0 Å². The maximum absolute atomic E-state index is 14.8. The Morgan fingerprint density at radius 1 is 1.07 bits per heavy atom. The lowest BCUT2D eigenvalue weighted by molar-refractivity contribution is -0.142. The molecule has 2 aromatic heterocycles. The van der Waals surface area contributed by atoms with Crippen molar-refractivity contribution in [1.82, 2.24) is 14.6 Å². The molecule has 1 aromatic carbocycles. The van der Waals surface area contributed by atoms with Crippen molar-refractivity contribution in [2.24, 2.45) is 17.3 Å². The van der Waals surface area contributed by atoms with Crippen LogP contribution in [0, 0.1) is 31.1 Å². The van der Waals surface area contributed by atoms with Crippen LogP contribution in [0.25, 0.3) is 10.9 Å². The van der Waals surface area contributed by atoms with Crippen LogP contribution in [-0.4, -0.2) is 78.3 Å². The van der Waals surface area contributed by atoms with Crippen LogP contribution in [0.4, 0.5) is 0 Å². The van der Waals surface area contributed by atoms with Crippen molar-refractivity contribution >= 4 is 55.6 Å². The number of carbonyl (C=O) groups is 4. The number of benzene rings is 1. The van der Waals surface area contributed by atoms with Gasteiger partial charge in [-0.25, -0.2) is 13.4 Å². The number of nitrogens with one attached hydrogen (secondary N) is 1. The average molecular weight is 834 g/mol. The number of hydrogen-bond acceptors (Lipinski definition) is 11. The highest BCUT2D eigenvalue weighted by molar-refractivity contribution is 7.91. The van der Waals surface area contributed by atoms with Gasteiger partial charge in [0, 0.05) is 47.1 Å². The summed E-state index contributed by atoms with van der Waals surface area (Å²) in [5.41, 5.74) is 0.171. The number of amides is 2. The molecule has 5 atom stereocenters. The maximum Gasteiger partial charge on any atom is 0.240 e. The second kappa shape index (κ2) is 16.4. The molecule has 4 aliphatic rings. The third-order valence-corrected chi connectivity index (χ3v) is 15.6. The summed E-state index contributed by atoms with van der Waals surface area (Å²) >= 11 is 1.40. The molecule has 2 amide bonds. The molecule has 7 rings (SSSR count). The minimum absolute atomic E-state index is 0.0126. The first-order valence-electron chi connectivity index (χ1n) is 20.5. The summed E-state index contributed by atoms with van der Waals surface area (Å²) in [5.74, 6) is -0.908. The predicted molar refractivity (Wildman–Crippen MR) is 222 cm³/mol. The van der Waals surface area contributed by atoms with Gasteiger partial charge in [0.1, 0.15) is 17.6 Å². The van der Waals surface area contributed by atoms with Crippen molar-refractivity contribution < 1.29 is 41.8 Å². The fourth-order valence-electron chi connectivity index (χ4n) is 8.49. The lowest BCUT2D eigenvalue weighted by Crippen LogP contribution is -2.47. The predicted octanol–water partition coefficient (Wildman–Crippen LogP) is 7.43. The van der Waals surface area contributed by atoms with Crippen LogP contribution in [-0.2, 0) is 24.4 Å². The SMILES string of the molecule is COc1ccc2c(O[C@@H]3C[C@H]4C(=O)C[C@]5(C(=O)NS(=O)(=O)C6(C)CC6)C[C@@H]5/C=C\CCCCC[C@H](CC(=O)c5ccc(C)s5)C(=O)N4C3)cc(OC(C)C)nc2c1C. The normalized spacial score (nSPS) is 26.6. The van der Waals surface area contributed by atoms with Crippen LogP contribution < -0.4 is 18.9 Å². The van der Waals surface area contributed by atoms with Crippen molar-refractivity contribution in [1.29, 1.82) is 0 Å². The van der Waals surface area contributed by atoms with E-state index in [-0.39, 0.29) is 55.3 Å². The van der Waals surface area contributed by atoms with E-state index in [0.29, 0.717) is 58.8 Å². The first-order chi connectivity index (χ1) is 27.5. The molecule has 0 unspecified atom stereocenters. The van der Waals surface area contributed by atoms with Gasteiger partial charge in [0.05, 0.1) is 46.4 Å². The van der Waals surface area contributed by atoms with Gasteiger partial charge in [0.15, 0.2) is 11.6 Å². The highest BCUT2D eigenvalue weighted by atomic mass is 32.2. The molecular weight excluding hydrogens is 779 g/mol. The Morgan fingerprint density at radius 2 is 1.84 bits per heavy atom. The molecule has 312 valence electrons. The first kappa shape index (κ1) is 41.8. The Hall–Kier alpha value is -4.30. The summed E-state index contributed by atoms with van der Waals surface area (Å²) in [6.45, 7) is 9.35. The molecule has 12 nitrogen and oxygen atoms in total. The molecule has 14 heteroatoms. The Balaban J connectivity index is 1.23. The molecule has 1 saturated heterocycles. The summed E-state index contributed by atoms with van der Waals surface area (Å²) in [6.07, 6.45) is 7.99. The number of allylic oxidation sites excluding steroid dienone is 2. The largest absolute Gasteiger partial charge is 0.496 e. The first-order valence-corrected chi connectivity index (χ1v) is 22.8. The van der Waals surface area contributed by atoms with Gasteiger partial charge in [-0.15, -0.1) is 11.3 Å². The molecule has 0 spiro atoms. The van der Waals surface area contributed by atoms with E-state index in [2.05, 4.69) is 4.72 Å². The number of rotatable bonds is 11. The van der Waals surface area contributed by atoms with E-state index in [9.17, 15) is 27.6 Å². The lowest BCUT2D eigenvalue weighted by Gasteiger charge is -2.29. The standard InChI is InChI=1S/C44H55N3O9S2/c1-26(2)55-39-22-37(32-15-16-36(54-6)28(4)40(32)45-39)56-31-21-33-35(49)24-44(42(51)46-58(52,53)43(5)18-19-43)23-30(44)13-11-9-7-8-10-12-29(41(50)47(33)25-31)20-34(48)38-17-14-27(3)57-38/h11,13-17,22,26,29-31,33H,7-10,12,18-21,23-25H2,1-6H3,(H,46,51)/b13-11-/t29-,30+,31-,33+,44-/m1/s1. The summed E-state index contributed by atoms with van der Waals surface area (Å²) < 4.78 is 46.2. The summed E-state index contributed by atoms with van der Waals surface area (Å²) in [7, 11) is -2.36. The smallest absolute Gasteiger partial charge is 0.240 e. The molecule has 1 N–H and O–H groups in total. The number of aromatic nitrogens is 1. The second-order valence-corrected chi connectivity index (χ2v) is 20.7. The number of pyridine rings is 1. The highest BCUT2D eigenvalue weighted by Gasteiger charge is 2.62. The number of aryl methyl sites for hydroxylation is 2. The van der Waals surface area contributed by atoms with Crippen molar-refractivity contribution in [2.45, 2.75) is 128 Å². The second-order valence-electron chi connectivity index (χ2n) is 17.2. The van der Waals surface area contributed by atoms with Crippen LogP contribution >= 0.6 is 11.3 Å². The fraction of sp³-hybridized carbons (Fsp3) is 0.568. The quantitative estimate of drug-likeness (QED) is 0.152. The van der Waals surface area contributed by atoms with Gasteiger partial charge in [-0.2, -0.15) is 0 Å². The van der Waals surface area contributed by atoms with Crippen LogP contribution in [0.3, 0.4) is 0 Å². The third kappa shape index (κ3) is 8.55. The zero-order valence-electron chi connectivity index (χ0n) is 34.3. The zero-order valence-corrected chi connectivity index (χ0v) is 35.9. The van der Waals surface area contributed by atoms with E-state index < -0.39 is 44.2 Å². The number of nitrogens with zero attached hydrogens (tertiary/aromatic N) is 2. The van der Waals surface area contributed by atoms with E-state index in [1.807, 2.05) is 58.0 Å². The molecular formula is C44H55N3O9S2. The Morgan fingerprint density at radius 3 is 2.53 bits per heavy atom. The summed E-state index contributed by atoms with van der Waals surface area (Å²) in [6, 6.07) is 8.16. The summed E-state index contributed by atoms with van der Waals surface area (Å²) in [5, 5.41) is 0.708. The molecule has 0 radical (unpaired) electrons. The number of ether oxygens (including phenoxy) is 3. The molecule has 58 heavy (non-hydrogen) atoms. The van der Waals surface area contributed by atoms with Crippen molar-refractivity contribution in [2.75, 3.05) is 13.7 Å². The van der Waals surface area contributed by atoms with Gasteiger partial charge >= 0.3 is 0 Å². The molecule has 4 heterocycles. The zero-order chi connectivity index (χ0) is 41.6. The third-order valence-electron chi connectivity index (χ3n) is 12.4. The van der Waals surface area contributed by atoms with Gasteiger partial charge in [0.25, 0.3) is 0 Å². The molecule has 3 fully saturated rings. The molecule has 2 aliphatic carbocycles. The lowest BCUT2D eigenvalue weighted by atomic mass is 9.90. The van der Waals surface area contributed by atoms with E-state index in [1.54, 1.807) is 31.1 Å². The maximum atomic E-state index is 14.8. The Labute approximate surface area is 345 Å². The highest BCUT2D eigenvalue weighted by Crippen LogP contribution is 2.57. The average Bonchev–Trinajstić information content (AvgIpc) is 3.97. The van der Waals surface area contributed by atoms with Crippen LogP contribution in [0.2, 0.25) is 0 Å². The van der Waals surface area contributed by atoms with E-state index in [4.69, 9.17) is 19.2 Å². The molecule has 2 saturated carbocycles. The minimum atomic E-state index is -3.95. The van der Waals surface area contributed by atoms with Gasteiger partial charge < -0.3 is 19.1 Å². The van der Waals surface area contributed by atoms with Crippen molar-refractivity contribution in [3.8, 4) is 17.4 Å². The number of sulfonamides is 1. The Bertz CT molecular complexity index is 2240. The van der Waals surface area contributed by atoms with E-state index in [0.717, 1.165) is 36.1 Å². The number of carbonyl (C=O) groups excluding carboxylic acids is 4. The number of ketones is 2. The van der Waals surface area contributed by atoms with E-state index >= 15 is 0 Å². The Kier molecular flexibility index (Phi) is 11.8. The molecule has 3 aromatic rings. The van der Waals surface area contributed by atoms with Crippen LogP contribution in [0.1, 0.15) is 112 Å². The van der Waals surface area contributed by atoms with Gasteiger partial charge in [-0.3, -0.25) is 23.9 Å². The van der Waals surface area contributed by atoms with Gasteiger partial charge in [-0.1, -0.05) is 25.0 Å². The van der Waals surface area contributed by atoms with E-state index in [1.165, 1.54) is 11.3 Å². The monoisotopic (exact) mass is 833 g/mol. The number of thiophene rings is 1. The fourth-order valence-corrected chi connectivity index (χ4v) is 10.6. The number of fused-ring (bicyclic) bond motifs is 3. The molecule has 0 bridgehead atoms. The number of Topliss-reactive ketones (excluding diaryl/α,β-unsaturated/α-hetero) is 2. The summed E-state index contributed by atoms with van der Waals surface area (Å²) in [4.78, 5) is 65.2. The number of hydrogen-bond donors (Lipinski definition) is 1.